The molecule has 1 N–H and O–H groups in total. The molecular formula is C22H33Cl2NO3. The van der Waals surface area contributed by atoms with E-state index in [1.54, 1.807) is 6.08 Å². The van der Waals surface area contributed by atoms with Gasteiger partial charge < -0.3 is 9.47 Å². The Morgan fingerprint density at radius 1 is 1.14 bits per heavy atom. The second-order valence-corrected chi connectivity index (χ2v) is 8.63. The Kier molecular flexibility index (Phi) is 10.8. The zero-order valence-electron chi connectivity index (χ0n) is 17.7. The summed E-state index contributed by atoms with van der Waals surface area (Å²) in [5, 5.41) is 0. The topological polar surface area (TPSA) is 39.7 Å². The summed E-state index contributed by atoms with van der Waals surface area (Å²) >= 11 is 11.2. The molecule has 0 atom stereocenters. The average Bonchev–Trinajstić information content (AvgIpc) is 2.60. The van der Waals surface area contributed by atoms with Crippen molar-refractivity contribution in [1.29, 1.82) is 0 Å². The van der Waals surface area contributed by atoms with Crippen molar-refractivity contribution < 1.29 is 14.3 Å². The van der Waals surface area contributed by atoms with Crippen LogP contribution in [0.5, 0.6) is 11.5 Å². The van der Waals surface area contributed by atoms with Gasteiger partial charge in [0.25, 0.3) is 0 Å². The molecule has 1 aromatic rings. The first-order valence-electron chi connectivity index (χ1n) is 9.62. The first kappa shape index (κ1) is 24.7. The number of ether oxygens (including phenoxy) is 2. The third-order valence-corrected chi connectivity index (χ3v) is 4.49. The number of aryl methyl sites for hydroxylation is 2. The molecule has 0 aliphatic carbocycles. The molecule has 1 aromatic carbocycles. The zero-order valence-corrected chi connectivity index (χ0v) is 19.2. The van der Waals surface area contributed by atoms with Gasteiger partial charge in [-0.2, -0.15) is 0 Å². The van der Waals surface area contributed by atoms with Crippen molar-refractivity contribution in [3.63, 3.8) is 0 Å². The minimum Gasteiger partial charge on any atom is -0.493 e. The van der Waals surface area contributed by atoms with E-state index in [2.05, 4.69) is 39.8 Å². The predicted octanol–water partition coefficient (Wildman–Crippen LogP) is 6.50. The van der Waals surface area contributed by atoms with Crippen LogP contribution in [0.2, 0.25) is 0 Å². The fourth-order valence-corrected chi connectivity index (χ4v) is 2.43. The molecular weight excluding hydrogens is 397 g/mol. The van der Waals surface area contributed by atoms with Crippen molar-refractivity contribution in [2.24, 2.45) is 5.41 Å². The molecule has 0 radical (unpaired) electrons. The number of benzene rings is 1. The molecule has 0 saturated heterocycles. The Hall–Kier alpha value is -1.36. The van der Waals surface area contributed by atoms with E-state index in [9.17, 15) is 0 Å². The minimum atomic E-state index is -0.0143. The first-order chi connectivity index (χ1) is 13.1. The highest BCUT2D eigenvalue weighted by atomic mass is 35.5. The summed E-state index contributed by atoms with van der Waals surface area (Å²) in [5.74, 6) is 1.71. The molecule has 6 heteroatoms. The van der Waals surface area contributed by atoms with Crippen LogP contribution in [-0.4, -0.2) is 19.8 Å². The lowest BCUT2D eigenvalue weighted by Gasteiger charge is -2.22. The lowest BCUT2D eigenvalue weighted by Crippen LogP contribution is -2.24. The second-order valence-electron chi connectivity index (χ2n) is 7.62. The van der Waals surface area contributed by atoms with Crippen LogP contribution in [0.3, 0.4) is 0 Å². The highest BCUT2D eigenvalue weighted by Gasteiger charge is 2.14. The molecule has 158 valence electrons. The third-order valence-electron chi connectivity index (χ3n) is 4.18. The number of rotatable bonds is 12. The predicted molar refractivity (Wildman–Crippen MR) is 118 cm³/mol. The molecule has 0 aliphatic heterocycles. The van der Waals surface area contributed by atoms with E-state index in [4.69, 9.17) is 37.5 Å². The summed E-state index contributed by atoms with van der Waals surface area (Å²) in [5.41, 5.74) is 5.95. The first-order valence-corrected chi connectivity index (χ1v) is 10.4. The van der Waals surface area contributed by atoms with Gasteiger partial charge >= 0.3 is 0 Å². The van der Waals surface area contributed by atoms with Crippen LogP contribution in [-0.2, 0) is 11.3 Å². The van der Waals surface area contributed by atoms with Crippen molar-refractivity contribution in [3.8, 4) is 11.5 Å². The number of hydroxylamine groups is 1. The zero-order chi connectivity index (χ0) is 21.2. The number of halogens is 2. The summed E-state index contributed by atoms with van der Waals surface area (Å²) in [6.07, 6.45) is 4.28. The smallest absolute Gasteiger partial charge is 0.125 e. The summed E-state index contributed by atoms with van der Waals surface area (Å²) in [7, 11) is 0. The molecule has 0 aliphatic rings. The van der Waals surface area contributed by atoms with E-state index in [0.29, 0.717) is 19.8 Å². The summed E-state index contributed by atoms with van der Waals surface area (Å²) in [6.45, 7) is 16.0. The van der Waals surface area contributed by atoms with E-state index in [-0.39, 0.29) is 9.91 Å². The van der Waals surface area contributed by atoms with Gasteiger partial charge in [-0.15, -0.1) is 0 Å². The maximum Gasteiger partial charge on any atom is 0.125 e. The Labute approximate surface area is 179 Å². The van der Waals surface area contributed by atoms with Gasteiger partial charge in [0, 0.05) is 11.1 Å². The van der Waals surface area contributed by atoms with Crippen LogP contribution in [0.15, 0.2) is 35.0 Å². The molecule has 0 unspecified atom stereocenters. The maximum atomic E-state index is 6.04. The molecule has 0 aromatic heterocycles. The summed E-state index contributed by atoms with van der Waals surface area (Å²) < 4.78 is 11.9. The van der Waals surface area contributed by atoms with Gasteiger partial charge in [-0.1, -0.05) is 57.5 Å². The van der Waals surface area contributed by atoms with E-state index in [1.165, 1.54) is 0 Å². The number of hydrogen-bond donors (Lipinski definition) is 1. The fraction of sp³-hybridized carbons (Fsp3) is 0.545. The normalized spacial score (nSPS) is 11.1. The van der Waals surface area contributed by atoms with E-state index in [0.717, 1.165) is 47.6 Å². The van der Waals surface area contributed by atoms with E-state index >= 15 is 0 Å². The second kappa shape index (κ2) is 12.3. The quantitative estimate of drug-likeness (QED) is 0.304. The van der Waals surface area contributed by atoms with Crippen molar-refractivity contribution >= 4 is 23.2 Å². The molecule has 4 nitrogen and oxygen atoms in total. The SMILES string of the molecule is C=C(NOCCCCOc1c(C)cc(OCC=C(Cl)Cl)cc1CC)C(C)(C)C. The van der Waals surface area contributed by atoms with Crippen LogP contribution in [0.1, 0.15) is 51.7 Å². The third kappa shape index (κ3) is 9.22. The largest absolute Gasteiger partial charge is 0.493 e. The molecule has 0 amide bonds. The van der Waals surface area contributed by atoms with Crippen molar-refractivity contribution in [2.75, 3.05) is 19.8 Å². The minimum absolute atomic E-state index is 0.0143. The van der Waals surface area contributed by atoms with Gasteiger partial charge in [0.05, 0.1) is 13.2 Å². The standard InChI is InChI=1S/C22H33Cl2NO3/c1-7-18-15-19(26-13-10-20(23)24)14-16(2)21(18)27-11-8-9-12-28-25-17(3)22(4,5)6/h10,14-15,25H,3,7-9,11-13H2,1-2,4-6H3. The van der Waals surface area contributed by atoms with Crippen LogP contribution >= 0.6 is 23.2 Å². The Morgan fingerprint density at radius 2 is 1.82 bits per heavy atom. The molecule has 0 bridgehead atoms. The number of nitrogens with one attached hydrogen (secondary N) is 1. The van der Waals surface area contributed by atoms with Crippen molar-refractivity contribution in [2.45, 2.75) is 53.9 Å². The summed E-state index contributed by atoms with van der Waals surface area (Å²) in [6, 6.07) is 3.97. The Bertz CT molecular complexity index is 662. The Balaban J connectivity index is 2.43. The van der Waals surface area contributed by atoms with Gasteiger partial charge in [0.1, 0.15) is 22.6 Å². The lowest BCUT2D eigenvalue weighted by atomic mass is 9.94. The summed E-state index contributed by atoms with van der Waals surface area (Å²) in [4.78, 5) is 5.47. The van der Waals surface area contributed by atoms with Gasteiger partial charge in [-0.3, -0.25) is 10.3 Å². The van der Waals surface area contributed by atoms with Crippen molar-refractivity contribution in [3.05, 3.63) is 46.1 Å². The van der Waals surface area contributed by atoms with Gasteiger partial charge in [0.2, 0.25) is 0 Å². The number of allylic oxidation sites excluding steroid dienone is 1. The Morgan fingerprint density at radius 3 is 2.43 bits per heavy atom. The van der Waals surface area contributed by atoms with Crippen LogP contribution in [0, 0.1) is 12.3 Å². The molecule has 0 saturated carbocycles. The highest BCUT2D eigenvalue weighted by Crippen LogP contribution is 2.30. The van der Waals surface area contributed by atoms with Crippen molar-refractivity contribution in [1.82, 2.24) is 5.48 Å². The number of hydrogen-bond acceptors (Lipinski definition) is 4. The monoisotopic (exact) mass is 429 g/mol. The van der Waals surface area contributed by atoms with Gasteiger partial charge in [0.15, 0.2) is 0 Å². The molecule has 28 heavy (non-hydrogen) atoms. The molecule has 1 rings (SSSR count). The average molecular weight is 430 g/mol. The van der Waals surface area contributed by atoms with Crippen LogP contribution < -0.4 is 15.0 Å². The van der Waals surface area contributed by atoms with Gasteiger partial charge in [-0.25, -0.2) is 0 Å². The maximum absolute atomic E-state index is 6.04. The van der Waals surface area contributed by atoms with Crippen LogP contribution in [0.4, 0.5) is 0 Å². The molecule has 0 heterocycles. The molecule has 0 spiro atoms. The fourth-order valence-electron chi connectivity index (χ4n) is 2.31. The van der Waals surface area contributed by atoms with Gasteiger partial charge in [-0.05, 0) is 55.5 Å². The lowest BCUT2D eigenvalue weighted by molar-refractivity contribution is 0.0464. The van der Waals surface area contributed by atoms with E-state index < -0.39 is 0 Å². The van der Waals surface area contributed by atoms with E-state index in [1.807, 2.05) is 19.1 Å². The molecule has 0 fully saturated rings. The van der Waals surface area contributed by atoms with Crippen LogP contribution in [0.25, 0.3) is 0 Å². The highest BCUT2D eigenvalue weighted by molar-refractivity contribution is 6.55. The number of unbranched alkanes of at least 4 members (excludes halogenated alkanes) is 1.